The number of halogens is 2. The van der Waals surface area contributed by atoms with Gasteiger partial charge in [0.1, 0.15) is 18.0 Å². The third-order valence-electron chi connectivity index (χ3n) is 5.16. The van der Waals surface area contributed by atoms with Crippen LogP contribution in [0.15, 0.2) is 29.1 Å². The molecule has 9 heteroatoms. The van der Waals surface area contributed by atoms with Gasteiger partial charge in [0.15, 0.2) is 11.6 Å². The summed E-state index contributed by atoms with van der Waals surface area (Å²) in [6, 6.07) is 3.53. The molecular weight excluding hydrogens is 413 g/mol. The summed E-state index contributed by atoms with van der Waals surface area (Å²) in [5, 5.41) is 0. The first-order valence-electron chi connectivity index (χ1n) is 9.16. The predicted octanol–water partition coefficient (Wildman–Crippen LogP) is 1.85. The van der Waals surface area contributed by atoms with E-state index in [4.69, 9.17) is 0 Å². The highest BCUT2D eigenvalue weighted by molar-refractivity contribution is 9.10. The summed E-state index contributed by atoms with van der Waals surface area (Å²) in [6.45, 7) is 7.02. The molecule has 0 unspecified atom stereocenters. The fraction of sp³-hybridized carbons (Fsp3) is 0.500. The standard InChI is InChI=1S/C18H23BrFN7/c1-24-2-4-25(5-3-24)16-11-17(23-13-22-16)26-6-8-27(9-7-26)18-15(20)10-14(19)12-21-18/h10-13H,2-9H2,1H3. The lowest BCUT2D eigenvalue weighted by atomic mass is 10.3. The second kappa shape index (κ2) is 7.93. The first-order chi connectivity index (χ1) is 13.1. The van der Waals surface area contributed by atoms with Crippen LogP contribution in [0.3, 0.4) is 0 Å². The van der Waals surface area contributed by atoms with Crippen LogP contribution in [0, 0.1) is 5.82 Å². The van der Waals surface area contributed by atoms with Gasteiger partial charge in [0.25, 0.3) is 0 Å². The van der Waals surface area contributed by atoms with E-state index in [0.717, 1.165) is 50.9 Å². The summed E-state index contributed by atoms with van der Waals surface area (Å²) in [6.07, 6.45) is 3.28. The zero-order valence-electron chi connectivity index (χ0n) is 15.4. The van der Waals surface area contributed by atoms with Gasteiger partial charge in [-0.05, 0) is 29.0 Å². The van der Waals surface area contributed by atoms with Crippen molar-refractivity contribution in [3.05, 3.63) is 34.9 Å². The Morgan fingerprint density at radius 1 is 0.815 bits per heavy atom. The largest absolute Gasteiger partial charge is 0.354 e. The van der Waals surface area contributed by atoms with Crippen LogP contribution < -0.4 is 14.7 Å². The summed E-state index contributed by atoms with van der Waals surface area (Å²) >= 11 is 3.25. The highest BCUT2D eigenvalue weighted by Gasteiger charge is 2.23. The Morgan fingerprint density at radius 2 is 1.37 bits per heavy atom. The van der Waals surface area contributed by atoms with Gasteiger partial charge in [-0.15, -0.1) is 0 Å². The number of hydrogen-bond acceptors (Lipinski definition) is 7. The molecule has 2 aliphatic heterocycles. The Kier molecular flexibility index (Phi) is 5.40. The van der Waals surface area contributed by atoms with Gasteiger partial charge in [0, 0.05) is 69.1 Å². The van der Waals surface area contributed by atoms with Crippen LogP contribution in [0.1, 0.15) is 0 Å². The molecule has 0 aromatic carbocycles. The highest BCUT2D eigenvalue weighted by Crippen LogP contribution is 2.24. The predicted molar refractivity (Wildman–Crippen MR) is 108 cm³/mol. The van der Waals surface area contributed by atoms with Gasteiger partial charge < -0.3 is 19.6 Å². The van der Waals surface area contributed by atoms with Gasteiger partial charge in [0.05, 0.1) is 0 Å². The number of nitrogens with zero attached hydrogens (tertiary/aromatic N) is 7. The van der Waals surface area contributed by atoms with Crippen LogP contribution in [-0.2, 0) is 0 Å². The molecule has 7 nitrogen and oxygen atoms in total. The van der Waals surface area contributed by atoms with E-state index in [1.54, 1.807) is 12.5 Å². The first kappa shape index (κ1) is 18.4. The average molecular weight is 436 g/mol. The molecule has 2 saturated heterocycles. The Morgan fingerprint density at radius 3 is 1.96 bits per heavy atom. The molecule has 0 bridgehead atoms. The minimum Gasteiger partial charge on any atom is -0.354 e. The molecule has 2 aliphatic rings. The van der Waals surface area contributed by atoms with E-state index < -0.39 is 0 Å². The van der Waals surface area contributed by atoms with Crippen molar-refractivity contribution in [2.45, 2.75) is 0 Å². The average Bonchev–Trinajstić information content (AvgIpc) is 2.69. The van der Waals surface area contributed by atoms with Gasteiger partial charge in [-0.25, -0.2) is 19.3 Å². The van der Waals surface area contributed by atoms with E-state index in [9.17, 15) is 4.39 Å². The molecule has 2 fully saturated rings. The van der Waals surface area contributed by atoms with Crippen LogP contribution >= 0.6 is 15.9 Å². The minimum absolute atomic E-state index is 0.294. The van der Waals surface area contributed by atoms with Gasteiger partial charge in [-0.3, -0.25) is 0 Å². The van der Waals surface area contributed by atoms with Crippen LogP contribution in [0.4, 0.5) is 21.8 Å². The molecule has 0 radical (unpaired) electrons. The van der Waals surface area contributed by atoms with Gasteiger partial charge >= 0.3 is 0 Å². The quantitative estimate of drug-likeness (QED) is 0.728. The topological polar surface area (TPSA) is 51.6 Å². The van der Waals surface area contributed by atoms with Crippen molar-refractivity contribution in [2.24, 2.45) is 0 Å². The summed E-state index contributed by atoms with van der Waals surface area (Å²) in [7, 11) is 2.14. The lowest BCUT2D eigenvalue weighted by Crippen LogP contribution is -2.47. The fourth-order valence-corrected chi connectivity index (χ4v) is 3.81. The molecule has 0 saturated carbocycles. The Balaban J connectivity index is 1.41. The molecule has 4 rings (SSSR count). The molecule has 144 valence electrons. The van der Waals surface area contributed by atoms with Crippen LogP contribution in [0.25, 0.3) is 0 Å². The summed E-state index contributed by atoms with van der Waals surface area (Å²) in [5.74, 6) is 2.04. The number of hydrogen-bond donors (Lipinski definition) is 0. The SMILES string of the molecule is CN1CCN(c2cc(N3CCN(c4ncc(Br)cc4F)CC3)ncn2)CC1. The molecule has 2 aromatic heterocycles. The third kappa shape index (κ3) is 4.14. The molecule has 0 amide bonds. The molecular formula is C18H23BrFN7. The van der Waals surface area contributed by atoms with Gasteiger partial charge in [0.2, 0.25) is 0 Å². The number of rotatable bonds is 3. The van der Waals surface area contributed by atoms with Gasteiger partial charge in [-0.1, -0.05) is 0 Å². The highest BCUT2D eigenvalue weighted by atomic mass is 79.9. The summed E-state index contributed by atoms with van der Waals surface area (Å²) < 4.78 is 14.8. The summed E-state index contributed by atoms with van der Waals surface area (Å²) in [4.78, 5) is 22.0. The van der Waals surface area contributed by atoms with Crippen LogP contribution in [0.2, 0.25) is 0 Å². The third-order valence-corrected chi connectivity index (χ3v) is 5.59. The smallest absolute Gasteiger partial charge is 0.166 e. The van der Waals surface area contributed by atoms with Crippen molar-refractivity contribution in [2.75, 3.05) is 74.1 Å². The zero-order valence-corrected chi connectivity index (χ0v) is 16.9. The second-order valence-corrected chi connectivity index (χ2v) is 7.87. The minimum atomic E-state index is -0.294. The first-order valence-corrected chi connectivity index (χ1v) is 9.96. The lowest BCUT2D eigenvalue weighted by Gasteiger charge is -2.37. The Labute approximate surface area is 166 Å². The van der Waals surface area contributed by atoms with E-state index in [1.165, 1.54) is 6.07 Å². The molecule has 4 heterocycles. The normalized spacial score (nSPS) is 18.9. The molecule has 0 aliphatic carbocycles. The maximum absolute atomic E-state index is 14.2. The van der Waals surface area contributed by atoms with Gasteiger partial charge in [-0.2, -0.15) is 0 Å². The van der Waals surface area contributed by atoms with E-state index in [1.807, 2.05) is 4.90 Å². The molecule has 0 N–H and O–H groups in total. The number of piperazine rings is 2. The maximum Gasteiger partial charge on any atom is 0.166 e. The van der Waals surface area contributed by atoms with Crippen molar-refractivity contribution in [1.82, 2.24) is 19.9 Å². The molecule has 0 atom stereocenters. The maximum atomic E-state index is 14.2. The van der Waals surface area contributed by atoms with Crippen LogP contribution in [0.5, 0.6) is 0 Å². The Bertz CT molecular complexity index is 789. The van der Waals surface area contributed by atoms with E-state index >= 15 is 0 Å². The number of likely N-dealkylation sites (N-methyl/N-ethyl adjacent to an activating group) is 1. The molecule has 0 spiro atoms. The monoisotopic (exact) mass is 435 g/mol. The van der Waals surface area contributed by atoms with Crippen molar-refractivity contribution in [3.8, 4) is 0 Å². The van der Waals surface area contributed by atoms with Crippen molar-refractivity contribution in [3.63, 3.8) is 0 Å². The molecule has 27 heavy (non-hydrogen) atoms. The van der Waals surface area contributed by atoms with E-state index in [0.29, 0.717) is 23.4 Å². The summed E-state index contributed by atoms with van der Waals surface area (Å²) in [5.41, 5.74) is 0. The van der Waals surface area contributed by atoms with E-state index in [2.05, 4.69) is 58.7 Å². The number of aromatic nitrogens is 3. The second-order valence-electron chi connectivity index (χ2n) is 6.96. The van der Waals surface area contributed by atoms with Crippen LogP contribution in [-0.4, -0.2) is 79.3 Å². The van der Waals surface area contributed by atoms with Crippen molar-refractivity contribution in [1.29, 1.82) is 0 Å². The van der Waals surface area contributed by atoms with Crippen molar-refractivity contribution >= 4 is 33.4 Å². The molecule has 2 aromatic rings. The zero-order chi connectivity index (χ0) is 18.8. The number of pyridine rings is 1. The fourth-order valence-electron chi connectivity index (χ4n) is 3.51. The number of anilines is 3. The lowest BCUT2D eigenvalue weighted by molar-refractivity contribution is 0.312. The Hall–Kier alpha value is -2.00. The van der Waals surface area contributed by atoms with Crippen molar-refractivity contribution < 1.29 is 4.39 Å². The van der Waals surface area contributed by atoms with E-state index in [-0.39, 0.29) is 5.82 Å².